The first-order valence-corrected chi connectivity index (χ1v) is 7.06. The summed E-state index contributed by atoms with van der Waals surface area (Å²) in [5.74, 6) is 1.71. The van der Waals surface area contributed by atoms with Crippen molar-refractivity contribution in [1.82, 2.24) is 5.32 Å². The summed E-state index contributed by atoms with van der Waals surface area (Å²) < 4.78 is 10.7. The van der Waals surface area contributed by atoms with E-state index in [1.165, 1.54) is 5.57 Å². The van der Waals surface area contributed by atoms with Gasteiger partial charge >= 0.3 is 0 Å². The Morgan fingerprint density at radius 3 is 2.40 bits per heavy atom. The molecule has 0 bridgehead atoms. The number of rotatable bonds is 6. The first-order chi connectivity index (χ1) is 9.39. The van der Waals surface area contributed by atoms with Crippen molar-refractivity contribution in [3.63, 3.8) is 0 Å². The van der Waals surface area contributed by atoms with Gasteiger partial charge in [0.2, 0.25) is 0 Å². The fourth-order valence-corrected chi connectivity index (χ4v) is 1.83. The van der Waals surface area contributed by atoms with Crippen molar-refractivity contribution < 1.29 is 9.47 Å². The molecule has 20 heavy (non-hydrogen) atoms. The Bertz CT molecular complexity index is 459. The standard InChI is InChI=1S/C17H27NO2/c1-7-13(12-18-17(2,3)4)10-14-11-15(19-5)8-9-16(14)20-6/h8-11,18H,7,12H2,1-6H3. The summed E-state index contributed by atoms with van der Waals surface area (Å²) in [7, 11) is 3.37. The van der Waals surface area contributed by atoms with Crippen LogP contribution in [0.25, 0.3) is 6.08 Å². The summed E-state index contributed by atoms with van der Waals surface area (Å²) in [6.45, 7) is 9.56. The highest BCUT2D eigenvalue weighted by molar-refractivity contribution is 5.62. The molecule has 0 aliphatic carbocycles. The van der Waals surface area contributed by atoms with Gasteiger partial charge in [-0.05, 0) is 45.4 Å². The lowest BCUT2D eigenvalue weighted by Crippen LogP contribution is -2.36. The molecule has 1 rings (SSSR count). The van der Waals surface area contributed by atoms with E-state index in [4.69, 9.17) is 9.47 Å². The van der Waals surface area contributed by atoms with E-state index in [2.05, 4.69) is 39.1 Å². The van der Waals surface area contributed by atoms with Gasteiger partial charge in [0, 0.05) is 17.6 Å². The van der Waals surface area contributed by atoms with E-state index in [9.17, 15) is 0 Å². The van der Waals surface area contributed by atoms with Crippen LogP contribution >= 0.6 is 0 Å². The summed E-state index contributed by atoms with van der Waals surface area (Å²) in [6, 6.07) is 5.86. The molecule has 0 saturated carbocycles. The van der Waals surface area contributed by atoms with Crippen molar-refractivity contribution in [3.05, 3.63) is 29.3 Å². The quantitative estimate of drug-likeness (QED) is 0.856. The molecule has 1 N–H and O–H groups in total. The second-order valence-electron chi connectivity index (χ2n) is 5.87. The van der Waals surface area contributed by atoms with Gasteiger partial charge in [-0.3, -0.25) is 0 Å². The van der Waals surface area contributed by atoms with Crippen molar-refractivity contribution in [2.75, 3.05) is 20.8 Å². The van der Waals surface area contributed by atoms with E-state index in [1.807, 2.05) is 18.2 Å². The topological polar surface area (TPSA) is 30.5 Å². The smallest absolute Gasteiger partial charge is 0.126 e. The SMILES string of the molecule is CCC(=Cc1cc(OC)ccc1OC)CNC(C)(C)C. The maximum absolute atomic E-state index is 5.42. The van der Waals surface area contributed by atoms with E-state index in [-0.39, 0.29) is 5.54 Å². The highest BCUT2D eigenvalue weighted by Gasteiger charge is 2.10. The van der Waals surface area contributed by atoms with Gasteiger partial charge < -0.3 is 14.8 Å². The molecule has 0 aliphatic heterocycles. The average Bonchev–Trinajstić information content (AvgIpc) is 2.42. The molecule has 3 heteroatoms. The molecule has 1 aromatic rings. The van der Waals surface area contributed by atoms with Gasteiger partial charge in [-0.1, -0.05) is 18.6 Å². The third kappa shape index (κ3) is 5.25. The summed E-state index contributed by atoms with van der Waals surface area (Å²) in [4.78, 5) is 0. The molecule has 0 spiro atoms. The Hall–Kier alpha value is -1.48. The minimum atomic E-state index is 0.118. The first-order valence-electron chi connectivity index (χ1n) is 7.06. The molecule has 0 saturated heterocycles. The van der Waals surface area contributed by atoms with Crippen LogP contribution in [0.1, 0.15) is 39.7 Å². The van der Waals surface area contributed by atoms with E-state index >= 15 is 0 Å². The van der Waals surface area contributed by atoms with Crippen LogP contribution in [0.15, 0.2) is 23.8 Å². The molecule has 3 nitrogen and oxygen atoms in total. The van der Waals surface area contributed by atoms with Crippen molar-refractivity contribution in [1.29, 1.82) is 0 Å². The van der Waals surface area contributed by atoms with Crippen LogP contribution in [-0.2, 0) is 0 Å². The normalized spacial score (nSPS) is 12.4. The third-order valence-electron chi connectivity index (χ3n) is 3.10. The Morgan fingerprint density at radius 1 is 1.20 bits per heavy atom. The molecule has 1 aromatic carbocycles. The van der Waals surface area contributed by atoms with E-state index in [0.717, 1.165) is 30.0 Å². The first kappa shape index (κ1) is 16.6. The molecule has 0 radical (unpaired) electrons. The van der Waals surface area contributed by atoms with E-state index < -0.39 is 0 Å². The summed E-state index contributed by atoms with van der Waals surface area (Å²) in [6.07, 6.45) is 3.18. The maximum atomic E-state index is 5.42. The Labute approximate surface area is 123 Å². The molecule has 0 heterocycles. The zero-order valence-corrected chi connectivity index (χ0v) is 13.5. The lowest BCUT2D eigenvalue weighted by molar-refractivity contribution is 0.402. The van der Waals surface area contributed by atoms with Gasteiger partial charge in [0.25, 0.3) is 0 Å². The number of methoxy groups -OCH3 is 2. The van der Waals surface area contributed by atoms with Gasteiger partial charge in [0.05, 0.1) is 14.2 Å². The fourth-order valence-electron chi connectivity index (χ4n) is 1.83. The second kappa shape index (κ2) is 7.34. The predicted molar refractivity (Wildman–Crippen MR) is 85.6 cm³/mol. The molecule has 0 unspecified atom stereocenters. The average molecular weight is 277 g/mol. The van der Waals surface area contributed by atoms with Crippen LogP contribution in [-0.4, -0.2) is 26.3 Å². The lowest BCUT2D eigenvalue weighted by atomic mass is 10.0. The maximum Gasteiger partial charge on any atom is 0.126 e. The van der Waals surface area contributed by atoms with E-state index in [0.29, 0.717) is 0 Å². The fraction of sp³-hybridized carbons (Fsp3) is 0.529. The third-order valence-corrected chi connectivity index (χ3v) is 3.10. The van der Waals surface area contributed by atoms with Crippen molar-refractivity contribution >= 4 is 6.08 Å². The zero-order valence-electron chi connectivity index (χ0n) is 13.5. The molecule has 0 aromatic heterocycles. The van der Waals surface area contributed by atoms with Crippen LogP contribution in [0.3, 0.4) is 0 Å². The number of hydrogen-bond donors (Lipinski definition) is 1. The highest BCUT2D eigenvalue weighted by atomic mass is 16.5. The highest BCUT2D eigenvalue weighted by Crippen LogP contribution is 2.26. The monoisotopic (exact) mass is 277 g/mol. The molecule has 112 valence electrons. The minimum absolute atomic E-state index is 0.118. The molecule has 0 atom stereocenters. The molecular weight excluding hydrogens is 250 g/mol. The Morgan fingerprint density at radius 2 is 1.90 bits per heavy atom. The largest absolute Gasteiger partial charge is 0.497 e. The Kier molecular flexibility index (Phi) is 6.08. The van der Waals surface area contributed by atoms with Crippen LogP contribution in [0.5, 0.6) is 11.5 Å². The molecule has 0 aliphatic rings. The van der Waals surface area contributed by atoms with Crippen molar-refractivity contribution in [3.8, 4) is 11.5 Å². The van der Waals surface area contributed by atoms with Gasteiger partial charge in [0.15, 0.2) is 0 Å². The van der Waals surface area contributed by atoms with Crippen LogP contribution in [0, 0.1) is 0 Å². The number of nitrogens with one attached hydrogen (secondary N) is 1. The van der Waals surface area contributed by atoms with Crippen LogP contribution in [0.2, 0.25) is 0 Å². The summed E-state index contributed by atoms with van der Waals surface area (Å²) in [5.41, 5.74) is 2.51. The lowest BCUT2D eigenvalue weighted by Gasteiger charge is -2.21. The van der Waals surface area contributed by atoms with Crippen LogP contribution in [0.4, 0.5) is 0 Å². The predicted octanol–water partition coefficient (Wildman–Crippen LogP) is 3.89. The van der Waals surface area contributed by atoms with Gasteiger partial charge in [0.1, 0.15) is 11.5 Å². The van der Waals surface area contributed by atoms with Crippen molar-refractivity contribution in [2.45, 2.75) is 39.7 Å². The zero-order chi connectivity index (χ0) is 15.2. The number of ether oxygens (including phenoxy) is 2. The van der Waals surface area contributed by atoms with Crippen LogP contribution < -0.4 is 14.8 Å². The Balaban J connectivity index is 2.98. The number of benzene rings is 1. The summed E-state index contributed by atoms with van der Waals surface area (Å²) >= 11 is 0. The number of hydrogen-bond acceptors (Lipinski definition) is 3. The minimum Gasteiger partial charge on any atom is -0.497 e. The second-order valence-corrected chi connectivity index (χ2v) is 5.87. The van der Waals surface area contributed by atoms with E-state index in [1.54, 1.807) is 14.2 Å². The van der Waals surface area contributed by atoms with Gasteiger partial charge in [-0.25, -0.2) is 0 Å². The van der Waals surface area contributed by atoms with Gasteiger partial charge in [-0.2, -0.15) is 0 Å². The molecule has 0 fully saturated rings. The molecule has 0 amide bonds. The summed E-state index contributed by atoms with van der Waals surface area (Å²) in [5, 5.41) is 3.52. The molecular formula is C17H27NO2. The van der Waals surface area contributed by atoms with Gasteiger partial charge in [-0.15, -0.1) is 0 Å². The van der Waals surface area contributed by atoms with Crippen molar-refractivity contribution in [2.24, 2.45) is 0 Å².